The summed E-state index contributed by atoms with van der Waals surface area (Å²) < 4.78 is 0. The smallest absolute Gasteiger partial charge is 0.0362 e. The van der Waals surface area contributed by atoms with Gasteiger partial charge in [0.2, 0.25) is 0 Å². The van der Waals surface area contributed by atoms with Gasteiger partial charge in [-0.1, -0.05) is 25.0 Å². The van der Waals surface area contributed by atoms with Gasteiger partial charge in [0.1, 0.15) is 0 Å². The summed E-state index contributed by atoms with van der Waals surface area (Å²) in [7, 11) is 0. The zero-order valence-corrected chi connectivity index (χ0v) is 9.78. The van der Waals surface area contributed by atoms with E-state index in [0.29, 0.717) is 0 Å². The molecule has 86 valence electrons. The van der Waals surface area contributed by atoms with Gasteiger partial charge in [-0.05, 0) is 42.5 Å². The standard InChI is InChI=1S/C14H20N2/c15-14-3-1-2-12-7-9-16(10-13(12)14)8-6-11-4-5-11/h1-3,11H,4-10,15H2. The van der Waals surface area contributed by atoms with Crippen LogP contribution in [0.3, 0.4) is 0 Å². The highest BCUT2D eigenvalue weighted by atomic mass is 15.1. The number of hydrogen-bond acceptors (Lipinski definition) is 2. The van der Waals surface area contributed by atoms with Crippen molar-refractivity contribution in [2.45, 2.75) is 32.2 Å². The van der Waals surface area contributed by atoms with Crippen molar-refractivity contribution >= 4 is 5.69 Å². The predicted molar refractivity (Wildman–Crippen MR) is 67.2 cm³/mol. The maximum absolute atomic E-state index is 6.05. The van der Waals surface area contributed by atoms with Gasteiger partial charge in [0.15, 0.2) is 0 Å². The van der Waals surface area contributed by atoms with Crippen molar-refractivity contribution in [1.29, 1.82) is 0 Å². The minimum Gasteiger partial charge on any atom is -0.398 e. The molecule has 3 rings (SSSR count). The second-order valence-electron chi connectivity index (χ2n) is 5.24. The van der Waals surface area contributed by atoms with E-state index >= 15 is 0 Å². The number of hydrogen-bond donors (Lipinski definition) is 1. The first-order chi connectivity index (χ1) is 7.83. The van der Waals surface area contributed by atoms with Gasteiger partial charge in [0, 0.05) is 18.8 Å². The summed E-state index contributed by atoms with van der Waals surface area (Å²) in [4.78, 5) is 2.57. The Balaban J connectivity index is 1.67. The fourth-order valence-electron chi connectivity index (χ4n) is 2.63. The maximum Gasteiger partial charge on any atom is 0.0362 e. The zero-order chi connectivity index (χ0) is 11.0. The topological polar surface area (TPSA) is 29.3 Å². The Labute approximate surface area is 97.4 Å². The molecule has 0 radical (unpaired) electrons. The van der Waals surface area contributed by atoms with Gasteiger partial charge in [-0.15, -0.1) is 0 Å². The molecule has 1 aromatic rings. The second-order valence-corrected chi connectivity index (χ2v) is 5.24. The monoisotopic (exact) mass is 216 g/mol. The molecule has 0 amide bonds. The third kappa shape index (κ3) is 2.07. The Kier molecular flexibility index (Phi) is 2.60. The molecule has 1 aliphatic heterocycles. The van der Waals surface area contributed by atoms with Gasteiger partial charge < -0.3 is 5.73 Å². The van der Waals surface area contributed by atoms with Crippen LogP contribution in [0.1, 0.15) is 30.4 Å². The van der Waals surface area contributed by atoms with Crippen molar-refractivity contribution in [3.63, 3.8) is 0 Å². The third-order valence-corrected chi connectivity index (χ3v) is 3.94. The van der Waals surface area contributed by atoms with E-state index in [2.05, 4.69) is 17.0 Å². The summed E-state index contributed by atoms with van der Waals surface area (Å²) in [6.07, 6.45) is 5.49. The van der Waals surface area contributed by atoms with Crippen molar-refractivity contribution < 1.29 is 0 Å². The summed E-state index contributed by atoms with van der Waals surface area (Å²) >= 11 is 0. The van der Waals surface area contributed by atoms with E-state index in [-0.39, 0.29) is 0 Å². The Bertz CT molecular complexity index is 382. The van der Waals surface area contributed by atoms with Gasteiger partial charge in [-0.25, -0.2) is 0 Å². The summed E-state index contributed by atoms with van der Waals surface area (Å²) in [6, 6.07) is 6.33. The molecule has 16 heavy (non-hydrogen) atoms. The van der Waals surface area contributed by atoms with E-state index in [1.54, 1.807) is 0 Å². The number of anilines is 1. The van der Waals surface area contributed by atoms with E-state index in [1.165, 1.54) is 49.9 Å². The largest absolute Gasteiger partial charge is 0.398 e. The molecule has 2 aliphatic rings. The molecule has 0 spiro atoms. The van der Waals surface area contributed by atoms with E-state index in [1.807, 2.05) is 6.07 Å². The first-order valence-electron chi connectivity index (χ1n) is 6.41. The number of nitrogens with two attached hydrogens (primary N) is 1. The Hall–Kier alpha value is -1.02. The molecule has 1 heterocycles. The van der Waals surface area contributed by atoms with Crippen LogP contribution < -0.4 is 5.73 Å². The molecule has 2 nitrogen and oxygen atoms in total. The normalized spacial score (nSPS) is 20.8. The van der Waals surface area contributed by atoms with Crippen LogP contribution >= 0.6 is 0 Å². The Morgan fingerprint density at radius 3 is 3.00 bits per heavy atom. The lowest BCUT2D eigenvalue weighted by Gasteiger charge is -2.29. The molecular weight excluding hydrogens is 196 g/mol. The van der Waals surface area contributed by atoms with Crippen LogP contribution in [0.25, 0.3) is 0 Å². The van der Waals surface area contributed by atoms with Crippen molar-refractivity contribution in [3.05, 3.63) is 29.3 Å². The van der Waals surface area contributed by atoms with Crippen LogP contribution in [-0.4, -0.2) is 18.0 Å². The summed E-state index contributed by atoms with van der Waals surface area (Å²) in [6.45, 7) is 3.54. The molecule has 0 bridgehead atoms. The minimum absolute atomic E-state index is 0.980. The molecule has 1 saturated carbocycles. The lowest BCUT2D eigenvalue weighted by molar-refractivity contribution is 0.247. The summed E-state index contributed by atoms with van der Waals surface area (Å²) in [5.41, 5.74) is 9.87. The average Bonchev–Trinajstić information content (AvgIpc) is 3.11. The number of benzene rings is 1. The van der Waals surface area contributed by atoms with E-state index < -0.39 is 0 Å². The molecule has 2 N–H and O–H groups in total. The van der Waals surface area contributed by atoms with E-state index in [0.717, 1.165) is 18.2 Å². The van der Waals surface area contributed by atoms with Crippen LogP contribution in [0.15, 0.2) is 18.2 Å². The molecule has 0 saturated heterocycles. The molecule has 0 atom stereocenters. The molecule has 0 aromatic heterocycles. The number of nitrogens with zero attached hydrogens (tertiary/aromatic N) is 1. The van der Waals surface area contributed by atoms with Gasteiger partial charge in [0.05, 0.1) is 0 Å². The number of nitrogen functional groups attached to an aromatic ring is 1. The second kappa shape index (κ2) is 4.10. The van der Waals surface area contributed by atoms with Gasteiger partial charge in [0.25, 0.3) is 0 Å². The van der Waals surface area contributed by atoms with Crippen LogP contribution in [0.2, 0.25) is 0 Å². The highest BCUT2D eigenvalue weighted by Gasteiger charge is 2.23. The van der Waals surface area contributed by atoms with Crippen molar-refractivity contribution in [2.24, 2.45) is 5.92 Å². The first kappa shape index (κ1) is 10.2. The van der Waals surface area contributed by atoms with Gasteiger partial charge in [-0.2, -0.15) is 0 Å². The third-order valence-electron chi connectivity index (χ3n) is 3.94. The maximum atomic E-state index is 6.05. The highest BCUT2D eigenvalue weighted by Crippen LogP contribution is 2.33. The molecular formula is C14H20N2. The first-order valence-corrected chi connectivity index (χ1v) is 6.41. The number of rotatable bonds is 3. The fourth-order valence-corrected chi connectivity index (χ4v) is 2.63. The number of fused-ring (bicyclic) bond motifs is 1. The van der Waals surface area contributed by atoms with Crippen LogP contribution in [0, 0.1) is 5.92 Å². The predicted octanol–water partition coefficient (Wildman–Crippen LogP) is 2.43. The SMILES string of the molecule is Nc1cccc2c1CN(CCC1CC1)CC2. The van der Waals surface area contributed by atoms with E-state index in [9.17, 15) is 0 Å². The van der Waals surface area contributed by atoms with Gasteiger partial charge in [-0.3, -0.25) is 4.90 Å². The molecule has 0 unspecified atom stereocenters. The van der Waals surface area contributed by atoms with Crippen LogP contribution in [-0.2, 0) is 13.0 Å². The van der Waals surface area contributed by atoms with E-state index in [4.69, 9.17) is 5.73 Å². The Morgan fingerprint density at radius 2 is 2.19 bits per heavy atom. The van der Waals surface area contributed by atoms with Gasteiger partial charge >= 0.3 is 0 Å². The molecule has 2 heteroatoms. The average molecular weight is 216 g/mol. The molecule has 1 aliphatic carbocycles. The lowest BCUT2D eigenvalue weighted by atomic mass is 9.98. The lowest BCUT2D eigenvalue weighted by Crippen LogP contribution is -2.32. The Morgan fingerprint density at radius 1 is 1.31 bits per heavy atom. The fraction of sp³-hybridized carbons (Fsp3) is 0.571. The summed E-state index contributed by atoms with van der Waals surface area (Å²) in [5.74, 6) is 1.04. The van der Waals surface area contributed by atoms with Crippen LogP contribution in [0.4, 0.5) is 5.69 Å². The highest BCUT2D eigenvalue weighted by molar-refractivity contribution is 5.51. The van der Waals surface area contributed by atoms with Crippen LogP contribution in [0.5, 0.6) is 0 Å². The molecule has 1 aromatic carbocycles. The quantitative estimate of drug-likeness (QED) is 0.786. The van der Waals surface area contributed by atoms with Crippen molar-refractivity contribution in [1.82, 2.24) is 4.90 Å². The summed E-state index contributed by atoms with van der Waals surface area (Å²) in [5, 5.41) is 0. The van der Waals surface area contributed by atoms with Crippen molar-refractivity contribution in [3.8, 4) is 0 Å². The minimum atomic E-state index is 0.980. The molecule has 1 fully saturated rings. The zero-order valence-electron chi connectivity index (χ0n) is 9.78. The van der Waals surface area contributed by atoms with Crippen molar-refractivity contribution in [2.75, 3.05) is 18.8 Å².